The fraction of sp³-hybridized carbons (Fsp3) is 0.265. The Labute approximate surface area is 260 Å². The Balaban J connectivity index is 1.36. The van der Waals surface area contributed by atoms with E-state index in [1.54, 1.807) is 30.3 Å². The summed E-state index contributed by atoms with van der Waals surface area (Å²) >= 11 is 0. The van der Waals surface area contributed by atoms with Crippen LogP contribution in [0.25, 0.3) is 22.4 Å². The molecule has 2 unspecified atom stereocenters. The van der Waals surface area contributed by atoms with Gasteiger partial charge >= 0.3 is 5.97 Å². The van der Waals surface area contributed by atoms with E-state index in [2.05, 4.69) is 27.1 Å². The van der Waals surface area contributed by atoms with Gasteiger partial charge in [0.1, 0.15) is 17.8 Å². The van der Waals surface area contributed by atoms with Crippen LogP contribution in [-0.4, -0.2) is 49.4 Å². The van der Waals surface area contributed by atoms with Crippen LogP contribution in [0.4, 0.5) is 5.82 Å². The third kappa shape index (κ3) is 5.42. The monoisotopic (exact) mass is 618 g/mol. The third-order valence-electron chi connectivity index (χ3n) is 8.91. The molecular formula is C34H30N6O4S. The quantitative estimate of drug-likeness (QED) is 0.248. The van der Waals surface area contributed by atoms with E-state index >= 15 is 0 Å². The summed E-state index contributed by atoms with van der Waals surface area (Å²) in [6, 6.07) is 17.5. The number of carbonyl (C=O) groups is 1. The molecule has 226 valence electrons. The number of carboxylic acid groups (broad SMARTS) is 1. The van der Waals surface area contributed by atoms with Crippen LogP contribution in [0.1, 0.15) is 42.5 Å². The van der Waals surface area contributed by atoms with E-state index < -0.39 is 21.9 Å². The second-order valence-corrected chi connectivity index (χ2v) is 13.5. The van der Waals surface area contributed by atoms with Gasteiger partial charge in [-0.2, -0.15) is 0 Å². The molecule has 3 saturated carbocycles. The topological polar surface area (TPSA) is 140 Å². The molecule has 2 N–H and O–H groups in total. The maximum atomic E-state index is 13.8. The molecule has 3 aliphatic rings. The number of anilines is 1. The van der Waals surface area contributed by atoms with Gasteiger partial charge in [0, 0.05) is 41.0 Å². The number of fused-ring (bicyclic) bond motifs is 4. The average molecular weight is 619 g/mol. The summed E-state index contributed by atoms with van der Waals surface area (Å²) in [5.41, 5.74) is 2.74. The van der Waals surface area contributed by atoms with Gasteiger partial charge in [0.15, 0.2) is 11.5 Å². The highest BCUT2D eigenvalue weighted by atomic mass is 32.2. The van der Waals surface area contributed by atoms with E-state index in [1.165, 1.54) is 18.7 Å². The predicted octanol–water partition coefficient (Wildman–Crippen LogP) is 5.13. The van der Waals surface area contributed by atoms with E-state index in [1.807, 2.05) is 37.3 Å². The van der Waals surface area contributed by atoms with Crippen molar-refractivity contribution in [1.29, 1.82) is 0 Å². The standard InChI is InChI=1S/C34H30N6O4S/c1-21-7-15-26(16-8-21)45(43,44)40-19-28(27-18-35-20-36-33(27)40)32-37-25(14-9-22-5-3-2-4-6-22)17-29(39-32)38-31-24-12-10-23(11-13-24)30(31)34(41)42/h2-8,15-20,23-24,30-31H,10-13H2,1H3,(H,41,42)(H,37,38,39). The third-order valence-corrected chi connectivity index (χ3v) is 10.6. The van der Waals surface area contributed by atoms with Gasteiger partial charge in [0.2, 0.25) is 0 Å². The van der Waals surface area contributed by atoms with Crippen molar-refractivity contribution in [2.24, 2.45) is 17.8 Å². The molecule has 2 atom stereocenters. The first-order chi connectivity index (χ1) is 21.8. The summed E-state index contributed by atoms with van der Waals surface area (Å²) < 4.78 is 28.7. The number of hydrogen-bond acceptors (Lipinski definition) is 8. The fourth-order valence-corrected chi connectivity index (χ4v) is 7.99. The van der Waals surface area contributed by atoms with Crippen molar-refractivity contribution in [2.45, 2.75) is 43.5 Å². The summed E-state index contributed by atoms with van der Waals surface area (Å²) in [7, 11) is -4.02. The molecule has 0 saturated heterocycles. The lowest BCUT2D eigenvalue weighted by Gasteiger charge is -2.47. The number of benzene rings is 2. The molecule has 0 radical (unpaired) electrons. The second kappa shape index (κ2) is 11.4. The lowest BCUT2D eigenvalue weighted by atomic mass is 9.61. The van der Waals surface area contributed by atoms with Gasteiger partial charge in [-0.1, -0.05) is 41.8 Å². The number of carboxylic acids is 1. The molecule has 10 nitrogen and oxygen atoms in total. The van der Waals surface area contributed by atoms with Crippen molar-refractivity contribution in [3.05, 3.63) is 96.2 Å². The van der Waals surface area contributed by atoms with E-state index in [0.29, 0.717) is 22.5 Å². The zero-order valence-electron chi connectivity index (χ0n) is 24.5. The van der Waals surface area contributed by atoms with Crippen LogP contribution in [-0.2, 0) is 14.8 Å². The summed E-state index contributed by atoms with van der Waals surface area (Å²) in [6.07, 6.45) is 8.06. The number of aromatic nitrogens is 5. The van der Waals surface area contributed by atoms with E-state index in [-0.39, 0.29) is 34.2 Å². The molecular weight excluding hydrogens is 588 g/mol. The number of nitrogens with one attached hydrogen (secondary N) is 1. The van der Waals surface area contributed by atoms with Crippen LogP contribution in [0.2, 0.25) is 0 Å². The molecule has 3 fully saturated rings. The first-order valence-corrected chi connectivity index (χ1v) is 16.3. The Morgan fingerprint density at radius 2 is 1.71 bits per heavy atom. The molecule has 2 aromatic carbocycles. The predicted molar refractivity (Wildman–Crippen MR) is 169 cm³/mol. The molecule has 11 heteroatoms. The van der Waals surface area contributed by atoms with Crippen molar-refractivity contribution < 1.29 is 18.3 Å². The van der Waals surface area contributed by atoms with Gasteiger partial charge in [-0.3, -0.25) is 4.79 Å². The highest BCUT2D eigenvalue weighted by molar-refractivity contribution is 7.90. The minimum absolute atomic E-state index is 0.116. The average Bonchev–Trinajstić information content (AvgIpc) is 3.46. The van der Waals surface area contributed by atoms with E-state index in [9.17, 15) is 18.3 Å². The molecule has 0 amide bonds. The van der Waals surface area contributed by atoms with Crippen molar-refractivity contribution in [1.82, 2.24) is 23.9 Å². The Morgan fingerprint density at radius 1 is 0.978 bits per heavy atom. The van der Waals surface area contributed by atoms with Gasteiger partial charge < -0.3 is 10.4 Å². The van der Waals surface area contributed by atoms with Crippen LogP contribution >= 0.6 is 0 Å². The van der Waals surface area contributed by atoms with Gasteiger partial charge in [-0.05, 0) is 74.6 Å². The number of aryl methyl sites for hydroxylation is 1. The van der Waals surface area contributed by atoms with E-state index in [4.69, 9.17) is 9.97 Å². The summed E-state index contributed by atoms with van der Waals surface area (Å²) in [6.45, 7) is 1.89. The van der Waals surface area contributed by atoms with Gasteiger partial charge in [-0.25, -0.2) is 32.3 Å². The maximum Gasteiger partial charge on any atom is 0.308 e. The molecule has 3 aliphatic carbocycles. The van der Waals surface area contributed by atoms with Gasteiger partial charge in [-0.15, -0.1) is 0 Å². The highest BCUT2D eigenvalue weighted by Crippen LogP contribution is 2.46. The SMILES string of the molecule is Cc1ccc(S(=O)(=O)n2cc(-c3nc(C#Cc4ccccc4)cc(NC4C5CCC(CC5)C4C(=O)O)n3)c3cncnc32)cc1. The number of nitrogens with zero attached hydrogens (tertiary/aromatic N) is 5. The van der Waals surface area contributed by atoms with Crippen molar-refractivity contribution >= 4 is 32.8 Å². The van der Waals surface area contributed by atoms with Gasteiger partial charge in [0.05, 0.1) is 10.8 Å². The summed E-state index contributed by atoms with van der Waals surface area (Å²) in [4.78, 5) is 30.5. The van der Waals surface area contributed by atoms with Crippen molar-refractivity contribution in [3.63, 3.8) is 0 Å². The molecule has 0 aliphatic heterocycles. The normalized spacial score (nSPS) is 20.8. The van der Waals surface area contributed by atoms with Crippen LogP contribution in [0.5, 0.6) is 0 Å². The van der Waals surface area contributed by atoms with Crippen LogP contribution in [0, 0.1) is 36.5 Å². The minimum atomic E-state index is -4.02. The molecule has 5 aromatic rings. The highest BCUT2D eigenvalue weighted by Gasteiger charge is 2.47. The van der Waals surface area contributed by atoms with Crippen LogP contribution in [0.3, 0.4) is 0 Å². The van der Waals surface area contributed by atoms with Crippen molar-refractivity contribution in [3.8, 4) is 23.2 Å². The van der Waals surface area contributed by atoms with Crippen molar-refractivity contribution in [2.75, 3.05) is 5.32 Å². The van der Waals surface area contributed by atoms with Crippen LogP contribution in [0.15, 0.2) is 84.3 Å². The molecule has 45 heavy (non-hydrogen) atoms. The molecule has 3 aromatic heterocycles. The van der Waals surface area contributed by atoms with E-state index in [0.717, 1.165) is 40.8 Å². The molecule has 0 spiro atoms. The number of aliphatic carboxylic acids is 1. The Morgan fingerprint density at radius 3 is 2.44 bits per heavy atom. The lowest BCUT2D eigenvalue weighted by Crippen LogP contribution is -2.51. The van der Waals surface area contributed by atoms with Gasteiger partial charge in [0.25, 0.3) is 10.0 Å². The Bertz CT molecular complexity index is 2080. The first-order valence-electron chi connectivity index (χ1n) is 14.9. The lowest BCUT2D eigenvalue weighted by molar-refractivity contribution is -0.148. The zero-order chi connectivity index (χ0) is 31.1. The Kier molecular flexibility index (Phi) is 7.30. The first kappa shape index (κ1) is 28.7. The summed E-state index contributed by atoms with van der Waals surface area (Å²) in [5.74, 6) is 5.90. The summed E-state index contributed by atoms with van der Waals surface area (Å²) in [5, 5.41) is 14.0. The molecule has 2 bridgehead atoms. The Hall–Kier alpha value is -5.08. The zero-order valence-corrected chi connectivity index (χ0v) is 25.3. The number of hydrogen-bond donors (Lipinski definition) is 2. The molecule has 8 rings (SSSR count). The smallest absolute Gasteiger partial charge is 0.308 e. The fourth-order valence-electron chi connectivity index (χ4n) is 6.67. The minimum Gasteiger partial charge on any atom is -0.481 e. The van der Waals surface area contributed by atoms with Crippen LogP contribution < -0.4 is 5.32 Å². The number of rotatable bonds is 6. The molecule has 3 heterocycles. The largest absolute Gasteiger partial charge is 0.481 e. The second-order valence-electron chi connectivity index (χ2n) is 11.7. The maximum absolute atomic E-state index is 13.8.